The van der Waals surface area contributed by atoms with Gasteiger partial charge in [-0.3, -0.25) is 9.69 Å². The lowest BCUT2D eigenvalue weighted by atomic mass is 10.1. The van der Waals surface area contributed by atoms with Gasteiger partial charge in [0, 0.05) is 6.54 Å². The van der Waals surface area contributed by atoms with E-state index >= 15 is 0 Å². The largest absolute Gasteiger partial charge is 0.484 e. The van der Waals surface area contributed by atoms with Gasteiger partial charge in [-0.1, -0.05) is 6.07 Å². The zero-order valence-electron chi connectivity index (χ0n) is 15.9. The number of nitrogens with zero attached hydrogens (tertiary/aromatic N) is 1. The van der Waals surface area contributed by atoms with E-state index in [4.69, 9.17) is 9.15 Å². The average Bonchev–Trinajstić information content (AvgIpc) is 3.29. The van der Waals surface area contributed by atoms with Crippen molar-refractivity contribution in [2.75, 3.05) is 26.2 Å². The summed E-state index contributed by atoms with van der Waals surface area (Å²) in [7, 11) is 0. The molecule has 0 saturated carbocycles. The van der Waals surface area contributed by atoms with E-state index in [1.165, 1.54) is 18.4 Å². The fraction of sp³-hybridized carbons (Fsp3) is 0.476. The Bertz CT molecular complexity index is 747. The van der Waals surface area contributed by atoms with Crippen LogP contribution in [0.1, 0.15) is 41.5 Å². The first-order chi connectivity index (χ1) is 12.5. The predicted octanol–water partition coefficient (Wildman–Crippen LogP) is 3.54. The molecule has 2 aromatic rings. The summed E-state index contributed by atoms with van der Waals surface area (Å²) < 4.78 is 11.4. The highest BCUT2D eigenvalue weighted by Crippen LogP contribution is 2.26. The van der Waals surface area contributed by atoms with Crippen molar-refractivity contribution in [2.45, 2.75) is 39.7 Å². The number of furan rings is 1. The van der Waals surface area contributed by atoms with Crippen LogP contribution in [0.25, 0.3) is 0 Å². The van der Waals surface area contributed by atoms with Gasteiger partial charge in [-0.15, -0.1) is 0 Å². The minimum Gasteiger partial charge on any atom is -0.484 e. The third-order valence-corrected chi connectivity index (χ3v) is 5.01. The summed E-state index contributed by atoms with van der Waals surface area (Å²) in [4.78, 5) is 14.6. The van der Waals surface area contributed by atoms with Gasteiger partial charge in [0.2, 0.25) is 0 Å². The van der Waals surface area contributed by atoms with Gasteiger partial charge < -0.3 is 14.5 Å². The molecular weight excluding hydrogens is 328 g/mol. The first kappa shape index (κ1) is 18.5. The molecule has 26 heavy (non-hydrogen) atoms. The first-order valence-corrected chi connectivity index (χ1v) is 9.30. The number of likely N-dealkylation sites (tertiary alicyclic amines) is 1. The van der Waals surface area contributed by atoms with Crippen LogP contribution in [0.2, 0.25) is 0 Å². The van der Waals surface area contributed by atoms with E-state index < -0.39 is 0 Å². The van der Waals surface area contributed by atoms with Crippen molar-refractivity contribution in [3.05, 3.63) is 53.0 Å². The van der Waals surface area contributed by atoms with Gasteiger partial charge >= 0.3 is 0 Å². The molecule has 1 saturated heterocycles. The fourth-order valence-electron chi connectivity index (χ4n) is 3.31. The highest BCUT2D eigenvalue weighted by molar-refractivity contribution is 5.77. The van der Waals surface area contributed by atoms with E-state index in [0.717, 1.165) is 35.9 Å². The van der Waals surface area contributed by atoms with Crippen LogP contribution in [0.4, 0.5) is 0 Å². The maximum Gasteiger partial charge on any atom is 0.258 e. The molecule has 5 heteroatoms. The van der Waals surface area contributed by atoms with E-state index in [2.05, 4.69) is 17.1 Å². The highest BCUT2D eigenvalue weighted by Gasteiger charge is 2.26. The van der Waals surface area contributed by atoms with Gasteiger partial charge in [0.25, 0.3) is 5.91 Å². The predicted molar refractivity (Wildman–Crippen MR) is 101 cm³/mol. The van der Waals surface area contributed by atoms with Crippen LogP contribution in [-0.2, 0) is 4.79 Å². The Balaban J connectivity index is 1.54. The lowest BCUT2D eigenvalue weighted by Gasteiger charge is -2.26. The van der Waals surface area contributed by atoms with Crippen LogP contribution < -0.4 is 10.1 Å². The summed E-state index contributed by atoms with van der Waals surface area (Å²) in [5, 5.41) is 3.00. The summed E-state index contributed by atoms with van der Waals surface area (Å²) in [6, 6.07) is 9.93. The molecule has 1 atom stereocenters. The minimum absolute atomic E-state index is 0.0202. The lowest BCUT2D eigenvalue weighted by Crippen LogP contribution is -2.38. The summed E-state index contributed by atoms with van der Waals surface area (Å²) in [5.74, 6) is 2.42. The third kappa shape index (κ3) is 4.67. The van der Waals surface area contributed by atoms with Crippen LogP contribution in [0.15, 0.2) is 34.7 Å². The van der Waals surface area contributed by atoms with Crippen LogP contribution in [0.3, 0.4) is 0 Å². The zero-order valence-corrected chi connectivity index (χ0v) is 15.9. The molecule has 1 aromatic heterocycles. The minimum atomic E-state index is -0.115. The third-order valence-electron chi connectivity index (χ3n) is 5.01. The second kappa shape index (κ2) is 8.41. The van der Waals surface area contributed by atoms with Crippen molar-refractivity contribution >= 4 is 5.91 Å². The number of ether oxygens (including phenoxy) is 1. The number of rotatable bonds is 7. The molecule has 1 aliphatic rings. The fourth-order valence-corrected chi connectivity index (χ4v) is 3.31. The van der Waals surface area contributed by atoms with E-state index in [0.29, 0.717) is 6.54 Å². The maximum absolute atomic E-state index is 12.2. The molecule has 0 spiro atoms. The van der Waals surface area contributed by atoms with E-state index in [1.807, 2.05) is 44.2 Å². The molecule has 0 radical (unpaired) electrons. The molecule has 1 N–H and O–H groups in total. The molecule has 1 aliphatic heterocycles. The normalized spacial score (nSPS) is 15.8. The Morgan fingerprint density at radius 2 is 1.92 bits per heavy atom. The van der Waals surface area contributed by atoms with Gasteiger partial charge in [0.1, 0.15) is 17.3 Å². The second-order valence-corrected chi connectivity index (χ2v) is 7.05. The van der Waals surface area contributed by atoms with Crippen molar-refractivity contribution in [3.8, 4) is 5.75 Å². The molecule has 2 heterocycles. The molecule has 1 amide bonds. The number of aryl methyl sites for hydroxylation is 3. The van der Waals surface area contributed by atoms with Gasteiger partial charge in [0.15, 0.2) is 6.61 Å². The van der Waals surface area contributed by atoms with E-state index in [1.54, 1.807) is 0 Å². The van der Waals surface area contributed by atoms with Crippen molar-refractivity contribution in [3.63, 3.8) is 0 Å². The molecule has 1 fully saturated rings. The quantitative estimate of drug-likeness (QED) is 0.824. The summed E-state index contributed by atoms with van der Waals surface area (Å²) >= 11 is 0. The van der Waals surface area contributed by atoms with Crippen LogP contribution in [-0.4, -0.2) is 37.0 Å². The first-order valence-electron chi connectivity index (χ1n) is 9.30. The lowest BCUT2D eigenvalue weighted by molar-refractivity contribution is -0.123. The molecule has 140 valence electrons. The highest BCUT2D eigenvalue weighted by atomic mass is 16.5. The summed E-state index contributed by atoms with van der Waals surface area (Å²) in [6.45, 7) is 8.67. The topological polar surface area (TPSA) is 54.7 Å². The Kier molecular flexibility index (Phi) is 5.99. The molecule has 0 aliphatic carbocycles. The van der Waals surface area contributed by atoms with Gasteiger partial charge in [-0.05, 0) is 82.1 Å². The Morgan fingerprint density at radius 3 is 2.58 bits per heavy atom. The second-order valence-electron chi connectivity index (χ2n) is 7.05. The molecule has 0 bridgehead atoms. The molecule has 1 aromatic carbocycles. The number of carbonyl (C=O) groups is 1. The molecule has 3 rings (SSSR count). The number of carbonyl (C=O) groups excluding carboxylic acids is 1. The maximum atomic E-state index is 12.2. The van der Waals surface area contributed by atoms with Crippen molar-refractivity contribution in [1.29, 1.82) is 0 Å². The SMILES string of the molecule is Cc1ccc(C(CNC(=O)COc2ccc(C)c(C)c2)N2CCCC2)o1. The number of nitrogens with one attached hydrogen (secondary N) is 1. The number of benzene rings is 1. The molecular formula is C21H28N2O3. The van der Waals surface area contributed by atoms with Crippen molar-refractivity contribution in [1.82, 2.24) is 10.2 Å². The smallest absolute Gasteiger partial charge is 0.258 e. The Morgan fingerprint density at radius 1 is 1.15 bits per heavy atom. The number of hydrogen-bond donors (Lipinski definition) is 1. The molecule has 1 unspecified atom stereocenters. The van der Waals surface area contributed by atoms with Gasteiger partial charge in [0.05, 0.1) is 6.04 Å². The molecule has 5 nitrogen and oxygen atoms in total. The Labute approximate surface area is 155 Å². The van der Waals surface area contributed by atoms with Gasteiger partial charge in [-0.2, -0.15) is 0 Å². The monoisotopic (exact) mass is 356 g/mol. The van der Waals surface area contributed by atoms with Crippen LogP contribution in [0, 0.1) is 20.8 Å². The summed E-state index contributed by atoms with van der Waals surface area (Å²) in [5.41, 5.74) is 2.37. The zero-order chi connectivity index (χ0) is 18.5. The van der Waals surface area contributed by atoms with E-state index in [9.17, 15) is 4.79 Å². The standard InChI is InChI=1S/C21H28N2O3/c1-15-6-8-18(12-16(15)2)25-14-21(24)22-13-19(23-10-4-5-11-23)20-9-7-17(3)26-20/h6-9,12,19H,4-5,10-11,13-14H2,1-3H3,(H,22,24). The Hall–Kier alpha value is -2.27. The summed E-state index contributed by atoms with van der Waals surface area (Å²) in [6.07, 6.45) is 2.39. The number of hydrogen-bond acceptors (Lipinski definition) is 4. The van der Waals surface area contributed by atoms with Crippen molar-refractivity contribution in [2.24, 2.45) is 0 Å². The van der Waals surface area contributed by atoms with Crippen LogP contribution in [0.5, 0.6) is 5.75 Å². The van der Waals surface area contributed by atoms with Crippen molar-refractivity contribution < 1.29 is 13.9 Å². The van der Waals surface area contributed by atoms with Gasteiger partial charge in [-0.25, -0.2) is 0 Å². The number of amides is 1. The average molecular weight is 356 g/mol. The van der Waals surface area contributed by atoms with Crippen LogP contribution >= 0.6 is 0 Å². The van der Waals surface area contributed by atoms with E-state index in [-0.39, 0.29) is 18.6 Å².